The van der Waals surface area contributed by atoms with Gasteiger partial charge in [0.15, 0.2) is 5.96 Å². The number of carbonyl (C=O) groups is 2. The van der Waals surface area contributed by atoms with Gasteiger partial charge in [-0.1, -0.05) is 19.3 Å². The van der Waals surface area contributed by atoms with Gasteiger partial charge < -0.3 is 20.3 Å². The van der Waals surface area contributed by atoms with Crippen LogP contribution in [0.4, 0.5) is 0 Å². The van der Waals surface area contributed by atoms with Crippen LogP contribution in [0.2, 0.25) is 0 Å². The molecule has 1 aliphatic carbocycles. The Bertz CT molecular complexity index is 489. The van der Waals surface area contributed by atoms with Crippen LogP contribution < -0.4 is 10.6 Å². The summed E-state index contributed by atoms with van der Waals surface area (Å²) in [7, 11) is 1.75. The Morgan fingerprint density at radius 3 is 2.42 bits per heavy atom. The van der Waals surface area contributed by atoms with Gasteiger partial charge >= 0.3 is 5.97 Å². The highest BCUT2D eigenvalue weighted by Crippen LogP contribution is 2.23. The fourth-order valence-corrected chi connectivity index (χ4v) is 3.82. The van der Waals surface area contributed by atoms with E-state index in [1.165, 1.54) is 19.3 Å². The van der Waals surface area contributed by atoms with E-state index in [1.54, 1.807) is 7.05 Å². The van der Waals surface area contributed by atoms with Crippen molar-refractivity contribution in [1.29, 1.82) is 0 Å². The molecule has 1 amide bonds. The summed E-state index contributed by atoms with van der Waals surface area (Å²) in [5.41, 5.74) is 0. The molecule has 148 valence electrons. The van der Waals surface area contributed by atoms with E-state index in [0.717, 1.165) is 38.2 Å². The van der Waals surface area contributed by atoms with Crippen molar-refractivity contribution in [3.8, 4) is 0 Å². The summed E-state index contributed by atoms with van der Waals surface area (Å²) in [6.45, 7) is 4.98. The van der Waals surface area contributed by atoms with Gasteiger partial charge in [-0.3, -0.25) is 14.6 Å². The van der Waals surface area contributed by atoms with Crippen LogP contribution in [-0.4, -0.2) is 62.6 Å². The summed E-state index contributed by atoms with van der Waals surface area (Å²) in [6, 6.07) is 0. The Morgan fingerprint density at radius 1 is 1.04 bits per heavy atom. The van der Waals surface area contributed by atoms with E-state index >= 15 is 0 Å². The van der Waals surface area contributed by atoms with Crippen LogP contribution in [0.3, 0.4) is 0 Å². The molecule has 2 fully saturated rings. The number of likely N-dealkylation sites (tertiary alicyclic amines) is 1. The van der Waals surface area contributed by atoms with Gasteiger partial charge in [0.05, 0.1) is 12.5 Å². The average Bonchev–Trinajstić information content (AvgIpc) is 2.69. The molecule has 1 saturated carbocycles. The lowest BCUT2D eigenvalue weighted by Gasteiger charge is -2.34. The second-order valence-electron chi connectivity index (χ2n) is 7.14. The quantitative estimate of drug-likeness (QED) is 0.322. The molecule has 0 aromatic rings. The summed E-state index contributed by atoms with van der Waals surface area (Å²) in [6.07, 6.45) is 7.43. The summed E-state index contributed by atoms with van der Waals surface area (Å²) >= 11 is 0. The smallest absolute Gasteiger partial charge is 0.310 e. The topological polar surface area (TPSA) is 83.0 Å². The number of amides is 1. The number of ether oxygens (including phenoxy) is 1. The minimum atomic E-state index is -0.118. The maximum atomic E-state index is 12.2. The van der Waals surface area contributed by atoms with Crippen LogP contribution in [-0.2, 0) is 14.3 Å². The molecule has 0 aromatic carbocycles. The minimum absolute atomic E-state index is 0.0896. The van der Waals surface area contributed by atoms with Crippen molar-refractivity contribution >= 4 is 17.8 Å². The number of hydrogen-bond donors (Lipinski definition) is 2. The Kier molecular flexibility index (Phi) is 8.71. The van der Waals surface area contributed by atoms with Gasteiger partial charge in [-0.2, -0.15) is 0 Å². The number of hydrogen-bond acceptors (Lipinski definition) is 4. The number of nitrogens with zero attached hydrogens (tertiary/aromatic N) is 2. The zero-order chi connectivity index (χ0) is 18.8. The highest BCUT2D eigenvalue weighted by Gasteiger charge is 2.28. The van der Waals surface area contributed by atoms with E-state index in [0.29, 0.717) is 26.2 Å². The first-order valence-corrected chi connectivity index (χ1v) is 10.1. The lowest BCUT2D eigenvalue weighted by Crippen LogP contribution is -2.49. The second-order valence-corrected chi connectivity index (χ2v) is 7.14. The van der Waals surface area contributed by atoms with E-state index in [2.05, 4.69) is 20.5 Å². The number of rotatable bonds is 6. The summed E-state index contributed by atoms with van der Waals surface area (Å²) in [5.74, 6) is 0.948. The molecule has 26 heavy (non-hydrogen) atoms. The number of nitrogens with one attached hydrogen (secondary N) is 2. The average molecular weight is 367 g/mol. The van der Waals surface area contributed by atoms with Crippen LogP contribution in [0.5, 0.6) is 0 Å². The molecule has 2 rings (SSSR count). The molecule has 0 bridgehead atoms. The Morgan fingerprint density at radius 2 is 1.73 bits per heavy atom. The van der Waals surface area contributed by atoms with Crippen LogP contribution in [0.1, 0.15) is 51.9 Å². The van der Waals surface area contributed by atoms with E-state index in [1.807, 2.05) is 6.92 Å². The Hall–Kier alpha value is -1.79. The zero-order valence-electron chi connectivity index (χ0n) is 16.3. The molecule has 0 radical (unpaired) electrons. The molecule has 2 aliphatic rings. The lowest BCUT2D eigenvalue weighted by molar-refractivity contribution is -0.149. The van der Waals surface area contributed by atoms with E-state index in [9.17, 15) is 9.59 Å². The van der Waals surface area contributed by atoms with Gasteiger partial charge in [-0.05, 0) is 32.6 Å². The third-order valence-electron chi connectivity index (χ3n) is 5.24. The molecular formula is C19H34N4O3. The van der Waals surface area contributed by atoms with Gasteiger partial charge in [-0.15, -0.1) is 0 Å². The standard InChI is InChI=1S/C19H34N4O3/c1-3-26-18(25)16-10-7-13-23(14-16)19(20-2)22-12-11-21-17(24)15-8-5-4-6-9-15/h15-16H,3-14H2,1-2H3,(H,20,22)(H,21,24). The number of piperidine rings is 1. The van der Waals surface area contributed by atoms with E-state index in [4.69, 9.17) is 4.74 Å². The summed E-state index contributed by atoms with van der Waals surface area (Å²) in [5, 5.41) is 6.33. The van der Waals surface area contributed by atoms with Gasteiger partial charge in [0.1, 0.15) is 0 Å². The SMILES string of the molecule is CCOC(=O)C1CCCN(C(=NC)NCCNC(=O)C2CCCCC2)C1. The number of aliphatic imine (C=N–C) groups is 1. The third kappa shape index (κ3) is 6.18. The number of guanidine groups is 1. The Balaban J connectivity index is 1.71. The molecule has 2 N–H and O–H groups in total. The molecular weight excluding hydrogens is 332 g/mol. The van der Waals surface area contributed by atoms with Crippen LogP contribution in [0, 0.1) is 11.8 Å². The highest BCUT2D eigenvalue weighted by molar-refractivity contribution is 5.81. The first kappa shape index (κ1) is 20.5. The first-order chi connectivity index (χ1) is 12.7. The van der Waals surface area contributed by atoms with Crippen molar-refractivity contribution in [2.75, 3.05) is 39.8 Å². The highest BCUT2D eigenvalue weighted by atomic mass is 16.5. The number of carbonyl (C=O) groups excluding carboxylic acids is 2. The van der Waals surface area contributed by atoms with Gasteiger partial charge in [-0.25, -0.2) is 0 Å². The van der Waals surface area contributed by atoms with E-state index in [-0.39, 0.29) is 23.7 Å². The molecule has 0 aromatic heterocycles. The first-order valence-electron chi connectivity index (χ1n) is 10.1. The molecule has 0 spiro atoms. The van der Waals surface area contributed by atoms with Crippen molar-refractivity contribution in [2.45, 2.75) is 51.9 Å². The third-order valence-corrected chi connectivity index (χ3v) is 5.24. The molecule has 1 unspecified atom stereocenters. The molecule has 1 atom stereocenters. The molecule has 1 saturated heterocycles. The largest absolute Gasteiger partial charge is 0.466 e. The minimum Gasteiger partial charge on any atom is -0.466 e. The second kappa shape index (κ2) is 11.0. The van der Waals surface area contributed by atoms with Crippen LogP contribution >= 0.6 is 0 Å². The van der Waals surface area contributed by atoms with Crippen molar-refractivity contribution in [1.82, 2.24) is 15.5 Å². The van der Waals surface area contributed by atoms with Crippen LogP contribution in [0.15, 0.2) is 4.99 Å². The number of esters is 1. The monoisotopic (exact) mass is 366 g/mol. The Labute approximate surface area is 156 Å². The van der Waals surface area contributed by atoms with Gasteiger partial charge in [0.2, 0.25) is 5.91 Å². The van der Waals surface area contributed by atoms with Crippen molar-refractivity contribution < 1.29 is 14.3 Å². The van der Waals surface area contributed by atoms with E-state index < -0.39 is 0 Å². The lowest BCUT2D eigenvalue weighted by atomic mass is 9.89. The fraction of sp³-hybridized carbons (Fsp3) is 0.842. The fourth-order valence-electron chi connectivity index (χ4n) is 3.82. The van der Waals surface area contributed by atoms with Crippen molar-refractivity contribution in [3.05, 3.63) is 0 Å². The summed E-state index contributed by atoms with van der Waals surface area (Å²) in [4.78, 5) is 30.6. The molecule has 1 heterocycles. The maximum Gasteiger partial charge on any atom is 0.310 e. The molecule has 7 heteroatoms. The predicted octanol–water partition coefficient (Wildman–Crippen LogP) is 1.53. The molecule has 7 nitrogen and oxygen atoms in total. The van der Waals surface area contributed by atoms with Gasteiger partial charge in [0, 0.05) is 39.1 Å². The zero-order valence-corrected chi connectivity index (χ0v) is 16.3. The normalized spacial score (nSPS) is 22.0. The van der Waals surface area contributed by atoms with Crippen molar-refractivity contribution in [2.24, 2.45) is 16.8 Å². The predicted molar refractivity (Wildman–Crippen MR) is 102 cm³/mol. The van der Waals surface area contributed by atoms with Crippen LogP contribution in [0.25, 0.3) is 0 Å². The van der Waals surface area contributed by atoms with Gasteiger partial charge in [0.25, 0.3) is 0 Å². The van der Waals surface area contributed by atoms with Crippen molar-refractivity contribution in [3.63, 3.8) is 0 Å². The summed E-state index contributed by atoms with van der Waals surface area (Å²) < 4.78 is 5.15. The molecule has 1 aliphatic heterocycles. The maximum absolute atomic E-state index is 12.2.